The van der Waals surface area contributed by atoms with Crippen molar-refractivity contribution >= 4 is 34.2 Å². The number of hydrogen-bond acceptors (Lipinski definition) is 3. The van der Waals surface area contributed by atoms with Gasteiger partial charge in [0.1, 0.15) is 0 Å². The van der Waals surface area contributed by atoms with Crippen LogP contribution in [0.1, 0.15) is 25.8 Å². The number of amidine groups is 1. The van der Waals surface area contributed by atoms with E-state index in [-0.39, 0.29) is 0 Å². The molecule has 0 aromatic heterocycles. The number of anilines is 1. The molecule has 92 valence electrons. The van der Waals surface area contributed by atoms with Crippen LogP contribution in [0.5, 0.6) is 0 Å². The van der Waals surface area contributed by atoms with Crippen molar-refractivity contribution in [2.75, 3.05) is 5.32 Å². The number of nitrogens with one attached hydrogen (secondary N) is 1. The third-order valence-electron chi connectivity index (χ3n) is 2.69. The van der Waals surface area contributed by atoms with E-state index in [4.69, 9.17) is 11.6 Å². The Morgan fingerprint density at radius 3 is 2.82 bits per heavy atom. The second kappa shape index (κ2) is 5.32. The number of aliphatic imine (C=N–C) groups is 1. The van der Waals surface area contributed by atoms with Gasteiger partial charge in [0.15, 0.2) is 5.17 Å². The van der Waals surface area contributed by atoms with Crippen molar-refractivity contribution in [2.45, 2.75) is 38.5 Å². The van der Waals surface area contributed by atoms with Crippen LogP contribution < -0.4 is 5.32 Å². The molecular weight excluding hydrogens is 252 g/mol. The van der Waals surface area contributed by atoms with Gasteiger partial charge in [0, 0.05) is 5.25 Å². The fraction of sp³-hybridized carbons (Fsp3) is 0.462. The molecule has 0 saturated heterocycles. The van der Waals surface area contributed by atoms with Gasteiger partial charge >= 0.3 is 0 Å². The molecule has 0 radical (unpaired) electrons. The molecule has 0 spiro atoms. The predicted octanol–water partition coefficient (Wildman–Crippen LogP) is 4.33. The van der Waals surface area contributed by atoms with E-state index in [1.165, 1.54) is 5.56 Å². The van der Waals surface area contributed by atoms with E-state index in [2.05, 4.69) is 30.2 Å². The van der Waals surface area contributed by atoms with Crippen LogP contribution >= 0.6 is 23.4 Å². The highest BCUT2D eigenvalue weighted by Gasteiger charge is 2.18. The number of rotatable bonds is 1. The molecule has 2 unspecified atom stereocenters. The van der Waals surface area contributed by atoms with E-state index in [9.17, 15) is 0 Å². The third-order valence-corrected chi connectivity index (χ3v) is 4.03. The van der Waals surface area contributed by atoms with Crippen LogP contribution in [-0.4, -0.2) is 16.5 Å². The van der Waals surface area contributed by atoms with E-state index >= 15 is 0 Å². The second-order valence-corrected chi connectivity index (χ2v) is 6.39. The van der Waals surface area contributed by atoms with E-state index in [0.717, 1.165) is 22.3 Å². The van der Waals surface area contributed by atoms with Crippen molar-refractivity contribution in [2.24, 2.45) is 4.99 Å². The molecule has 1 heterocycles. The van der Waals surface area contributed by atoms with Crippen molar-refractivity contribution in [1.29, 1.82) is 0 Å². The first kappa shape index (κ1) is 12.8. The lowest BCUT2D eigenvalue weighted by molar-refractivity contribution is 0.661. The Morgan fingerprint density at radius 1 is 1.41 bits per heavy atom. The molecule has 1 aliphatic heterocycles. The first-order chi connectivity index (χ1) is 8.04. The van der Waals surface area contributed by atoms with Crippen LogP contribution in [-0.2, 0) is 0 Å². The molecule has 0 saturated carbocycles. The first-order valence-corrected chi connectivity index (χ1v) is 7.08. The van der Waals surface area contributed by atoms with Gasteiger partial charge < -0.3 is 5.32 Å². The SMILES string of the molecule is Cc1ccc(NC2=NC(C)CC(C)S2)c(Cl)c1. The normalized spacial score (nSPS) is 24.4. The Kier molecular flexibility index (Phi) is 4.00. The fourth-order valence-corrected chi connectivity index (χ4v) is 3.35. The summed E-state index contributed by atoms with van der Waals surface area (Å²) in [5.41, 5.74) is 2.10. The monoisotopic (exact) mass is 268 g/mol. The Balaban J connectivity index is 2.15. The highest BCUT2D eigenvalue weighted by atomic mass is 35.5. The van der Waals surface area contributed by atoms with Crippen molar-refractivity contribution in [3.63, 3.8) is 0 Å². The molecule has 1 aromatic carbocycles. The van der Waals surface area contributed by atoms with Crippen LogP contribution in [0.2, 0.25) is 5.02 Å². The standard InChI is InChI=1S/C13H17ClN2S/c1-8-4-5-12(11(14)6-8)16-13-15-9(2)7-10(3)17-13/h4-6,9-10H,7H2,1-3H3,(H,15,16). The van der Waals surface area contributed by atoms with E-state index in [1.54, 1.807) is 11.8 Å². The molecule has 0 aliphatic carbocycles. The fourth-order valence-electron chi connectivity index (χ4n) is 1.90. The average Bonchev–Trinajstić information content (AvgIpc) is 2.21. The van der Waals surface area contributed by atoms with Gasteiger partial charge in [-0.25, -0.2) is 0 Å². The van der Waals surface area contributed by atoms with Gasteiger partial charge in [0.25, 0.3) is 0 Å². The maximum atomic E-state index is 6.19. The summed E-state index contributed by atoms with van der Waals surface area (Å²) in [7, 11) is 0. The van der Waals surface area contributed by atoms with Crippen molar-refractivity contribution in [3.05, 3.63) is 28.8 Å². The predicted molar refractivity (Wildman–Crippen MR) is 78.4 cm³/mol. The van der Waals surface area contributed by atoms with Gasteiger partial charge in [0.2, 0.25) is 0 Å². The van der Waals surface area contributed by atoms with Crippen LogP contribution in [0.4, 0.5) is 5.69 Å². The van der Waals surface area contributed by atoms with Crippen LogP contribution in [0.3, 0.4) is 0 Å². The Hall–Kier alpha value is -0.670. The Morgan fingerprint density at radius 2 is 2.18 bits per heavy atom. The zero-order chi connectivity index (χ0) is 12.4. The maximum absolute atomic E-state index is 6.19. The molecule has 2 atom stereocenters. The van der Waals surface area contributed by atoms with Crippen LogP contribution in [0, 0.1) is 6.92 Å². The molecular formula is C13H17ClN2S. The number of benzene rings is 1. The van der Waals surface area contributed by atoms with Crippen LogP contribution in [0.25, 0.3) is 0 Å². The van der Waals surface area contributed by atoms with Gasteiger partial charge in [-0.15, -0.1) is 0 Å². The summed E-state index contributed by atoms with van der Waals surface area (Å²) in [6.07, 6.45) is 1.14. The zero-order valence-corrected chi connectivity index (χ0v) is 11.9. The summed E-state index contributed by atoms with van der Waals surface area (Å²) in [5.74, 6) is 0. The Labute approximate surface area is 112 Å². The molecule has 17 heavy (non-hydrogen) atoms. The number of hydrogen-bond donors (Lipinski definition) is 1. The summed E-state index contributed by atoms with van der Waals surface area (Å²) in [4.78, 5) is 4.60. The van der Waals surface area contributed by atoms with E-state index in [0.29, 0.717) is 11.3 Å². The molecule has 1 N–H and O–H groups in total. The van der Waals surface area contributed by atoms with Crippen molar-refractivity contribution in [3.8, 4) is 0 Å². The number of halogens is 1. The number of nitrogens with zero attached hydrogens (tertiary/aromatic N) is 1. The van der Waals surface area contributed by atoms with Gasteiger partial charge in [-0.1, -0.05) is 36.4 Å². The highest BCUT2D eigenvalue weighted by Crippen LogP contribution is 2.29. The lowest BCUT2D eigenvalue weighted by Crippen LogP contribution is -2.22. The van der Waals surface area contributed by atoms with Crippen LogP contribution in [0.15, 0.2) is 23.2 Å². The Bertz CT molecular complexity index is 445. The minimum atomic E-state index is 0.387. The first-order valence-electron chi connectivity index (χ1n) is 5.82. The smallest absolute Gasteiger partial charge is 0.161 e. The summed E-state index contributed by atoms with van der Waals surface area (Å²) in [5, 5.41) is 5.65. The second-order valence-electron chi connectivity index (χ2n) is 4.56. The molecule has 0 bridgehead atoms. The molecule has 0 amide bonds. The van der Waals surface area contributed by atoms with Crippen molar-refractivity contribution < 1.29 is 0 Å². The molecule has 1 aliphatic rings. The minimum Gasteiger partial charge on any atom is -0.334 e. The molecule has 2 nitrogen and oxygen atoms in total. The zero-order valence-electron chi connectivity index (χ0n) is 10.3. The summed E-state index contributed by atoms with van der Waals surface area (Å²) in [6, 6.07) is 6.41. The summed E-state index contributed by atoms with van der Waals surface area (Å²) < 4.78 is 0. The minimum absolute atomic E-state index is 0.387. The third kappa shape index (κ3) is 3.39. The molecule has 1 aromatic rings. The summed E-state index contributed by atoms with van der Waals surface area (Å²) >= 11 is 7.97. The largest absolute Gasteiger partial charge is 0.334 e. The maximum Gasteiger partial charge on any atom is 0.161 e. The van der Waals surface area contributed by atoms with Gasteiger partial charge in [-0.3, -0.25) is 4.99 Å². The molecule has 0 fully saturated rings. The lowest BCUT2D eigenvalue weighted by atomic mass is 10.2. The molecule has 2 rings (SSSR count). The number of thioether (sulfide) groups is 1. The average molecular weight is 269 g/mol. The van der Waals surface area contributed by atoms with E-state index < -0.39 is 0 Å². The van der Waals surface area contributed by atoms with E-state index in [1.807, 2.05) is 19.1 Å². The topological polar surface area (TPSA) is 24.4 Å². The molecule has 4 heteroatoms. The quantitative estimate of drug-likeness (QED) is 0.820. The van der Waals surface area contributed by atoms with Gasteiger partial charge in [0.05, 0.1) is 16.8 Å². The van der Waals surface area contributed by atoms with Gasteiger partial charge in [-0.2, -0.15) is 0 Å². The van der Waals surface area contributed by atoms with Crippen molar-refractivity contribution in [1.82, 2.24) is 0 Å². The van der Waals surface area contributed by atoms with Gasteiger partial charge in [-0.05, 0) is 38.0 Å². The highest BCUT2D eigenvalue weighted by molar-refractivity contribution is 8.14. The summed E-state index contributed by atoms with van der Waals surface area (Å²) in [6.45, 7) is 6.41. The lowest BCUT2D eigenvalue weighted by Gasteiger charge is -2.23. The number of aryl methyl sites for hydroxylation is 1.